The first-order valence-electron chi connectivity index (χ1n) is 7.47. The average molecular weight is 276 g/mol. The van der Waals surface area contributed by atoms with Crippen LogP contribution in [-0.4, -0.2) is 42.1 Å². The molecule has 0 bridgehead atoms. The van der Waals surface area contributed by atoms with Gasteiger partial charge in [-0.15, -0.1) is 0 Å². The van der Waals surface area contributed by atoms with Gasteiger partial charge in [0, 0.05) is 12.1 Å². The van der Waals surface area contributed by atoms with Crippen LogP contribution in [0.3, 0.4) is 0 Å². The van der Waals surface area contributed by atoms with Gasteiger partial charge in [0.05, 0.1) is 0 Å². The molecular formula is C16H24N2O2. The number of aromatic hydroxyl groups is 1. The van der Waals surface area contributed by atoms with Crippen LogP contribution >= 0.6 is 0 Å². The quantitative estimate of drug-likeness (QED) is 0.811. The highest BCUT2D eigenvalue weighted by atomic mass is 16.3. The molecule has 20 heavy (non-hydrogen) atoms. The molecule has 1 aliphatic rings. The Morgan fingerprint density at radius 3 is 2.75 bits per heavy atom. The lowest BCUT2D eigenvalue weighted by atomic mass is 10.1. The average Bonchev–Trinajstić information content (AvgIpc) is 2.47. The van der Waals surface area contributed by atoms with E-state index in [0.29, 0.717) is 12.1 Å². The summed E-state index contributed by atoms with van der Waals surface area (Å²) in [5.74, 6) is 0.0601. The number of likely N-dealkylation sites (tertiary alicyclic amines) is 1. The molecule has 4 nitrogen and oxygen atoms in total. The molecule has 0 spiro atoms. The highest BCUT2D eigenvalue weighted by Gasteiger charge is 2.10. The molecule has 1 heterocycles. The van der Waals surface area contributed by atoms with Crippen LogP contribution < -0.4 is 5.32 Å². The number of carbonyl (C=O) groups is 1. The highest BCUT2D eigenvalue weighted by Crippen LogP contribution is 2.17. The molecule has 1 aliphatic heterocycles. The molecule has 110 valence electrons. The van der Waals surface area contributed by atoms with Crippen molar-refractivity contribution < 1.29 is 9.90 Å². The molecule has 1 fully saturated rings. The Labute approximate surface area is 120 Å². The van der Waals surface area contributed by atoms with Crippen LogP contribution in [0.15, 0.2) is 18.2 Å². The number of carbonyl (C=O) groups excluding carboxylic acids is 1. The summed E-state index contributed by atoms with van der Waals surface area (Å²) < 4.78 is 0. The van der Waals surface area contributed by atoms with Crippen LogP contribution in [0.25, 0.3) is 0 Å². The topological polar surface area (TPSA) is 52.6 Å². The predicted molar refractivity (Wildman–Crippen MR) is 80.1 cm³/mol. The minimum absolute atomic E-state index is 0.112. The monoisotopic (exact) mass is 276 g/mol. The van der Waals surface area contributed by atoms with Gasteiger partial charge < -0.3 is 15.3 Å². The molecule has 1 aromatic rings. The summed E-state index contributed by atoms with van der Waals surface area (Å²) in [7, 11) is 0. The second-order valence-electron chi connectivity index (χ2n) is 5.51. The number of hydrogen-bond donors (Lipinski definition) is 2. The number of rotatable bonds is 5. The highest BCUT2D eigenvalue weighted by molar-refractivity contribution is 5.94. The first-order chi connectivity index (χ1) is 9.66. The van der Waals surface area contributed by atoms with Gasteiger partial charge in [-0.25, -0.2) is 0 Å². The molecule has 1 aromatic carbocycles. The second-order valence-corrected chi connectivity index (χ2v) is 5.51. The fourth-order valence-electron chi connectivity index (χ4n) is 2.54. The number of nitrogens with one attached hydrogen (secondary N) is 1. The van der Waals surface area contributed by atoms with Crippen LogP contribution in [0.5, 0.6) is 5.75 Å². The van der Waals surface area contributed by atoms with Crippen molar-refractivity contribution in [3.63, 3.8) is 0 Å². The summed E-state index contributed by atoms with van der Waals surface area (Å²) in [5, 5.41) is 12.5. The zero-order valence-corrected chi connectivity index (χ0v) is 12.2. The molecule has 0 aliphatic carbocycles. The number of nitrogens with zero attached hydrogens (tertiary/aromatic N) is 1. The standard InChI is InChI=1S/C16H24N2O2/c1-13-6-7-14(12-15(13)19)16(20)17-8-5-11-18-9-3-2-4-10-18/h6-7,12,19H,2-5,8-11H2,1H3,(H,17,20). The number of phenols is 1. The molecule has 2 N–H and O–H groups in total. The van der Waals surface area contributed by atoms with E-state index in [2.05, 4.69) is 10.2 Å². The van der Waals surface area contributed by atoms with Gasteiger partial charge in [0.15, 0.2) is 0 Å². The number of phenolic OH excluding ortho intramolecular Hbond substituents is 1. The van der Waals surface area contributed by atoms with Gasteiger partial charge in [-0.05, 0) is 63.5 Å². The molecule has 0 radical (unpaired) electrons. The smallest absolute Gasteiger partial charge is 0.251 e. The first kappa shape index (κ1) is 14.9. The van der Waals surface area contributed by atoms with Gasteiger partial charge in [-0.1, -0.05) is 12.5 Å². The first-order valence-corrected chi connectivity index (χ1v) is 7.47. The van der Waals surface area contributed by atoms with Crippen molar-refractivity contribution >= 4 is 5.91 Å². The maximum atomic E-state index is 11.9. The van der Waals surface area contributed by atoms with E-state index < -0.39 is 0 Å². The van der Waals surface area contributed by atoms with Crippen LogP contribution in [-0.2, 0) is 0 Å². The van der Waals surface area contributed by atoms with E-state index in [1.165, 1.54) is 38.4 Å². The van der Waals surface area contributed by atoms with E-state index in [4.69, 9.17) is 0 Å². The summed E-state index contributed by atoms with van der Waals surface area (Å²) in [6.45, 7) is 5.94. The summed E-state index contributed by atoms with van der Waals surface area (Å²) in [4.78, 5) is 14.4. The van der Waals surface area contributed by atoms with Crippen molar-refractivity contribution in [1.82, 2.24) is 10.2 Å². The lowest BCUT2D eigenvalue weighted by molar-refractivity contribution is 0.0950. The Kier molecular flexibility index (Phi) is 5.41. The normalized spacial score (nSPS) is 16.1. The van der Waals surface area contributed by atoms with Crippen LogP contribution in [0.1, 0.15) is 41.6 Å². The maximum Gasteiger partial charge on any atom is 0.251 e. The molecule has 1 amide bonds. The van der Waals surface area contributed by atoms with Crippen LogP contribution in [0.2, 0.25) is 0 Å². The largest absolute Gasteiger partial charge is 0.508 e. The lowest BCUT2D eigenvalue weighted by Crippen LogP contribution is -2.33. The third-order valence-corrected chi connectivity index (χ3v) is 3.86. The molecule has 4 heteroatoms. The molecule has 1 saturated heterocycles. The predicted octanol–water partition coefficient (Wildman–Crippen LogP) is 2.31. The Morgan fingerprint density at radius 2 is 2.05 bits per heavy atom. The third-order valence-electron chi connectivity index (χ3n) is 3.86. The van der Waals surface area contributed by atoms with E-state index >= 15 is 0 Å². The van der Waals surface area contributed by atoms with Crippen molar-refractivity contribution in [2.45, 2.75) is 32.6 Å². The van der Waals surface area contributed by atoms with Gasteiger partial charge in [0.25, 0.3) is 5.91 Å². The fraction of sp³-hybridized carbons (Fsp3) is 0.562. The van der Waals surface area contributed by atoms with Gasteiger partial charge in [0.2, 0.25) is 0 Å². The molecule has 0 saturated carbocycles. The van der Waals surface area contributed by atoms with Crippen molar-refractivity contribution in [3.8, 4) is 5.75 Å². The van der Waals surface area contributed by atoms with Crippen LogP contribution in [0.4, 0.5) is 0 Å². The minimum atomic E-state index is -0.112. The Hall–Kier alpha value is -1.55. The Morgan fingerprint density at radius 1 is 1.30 bits per heavy atom. The van der Waals surface area contributed by atoms with Gasteiger partial charge in [0.1, 0.15) is 5.75 Å². The number of amides is 1. The molecule has 0 unspecified atom stereocenters. The van der Waals surface area contributed by atoms with Crippen molar-refractivity contribution in [2.24, 2.45) is 0 Å². The van der Waals surface area contributed by atoms with Crippen molar-refractivity contribution in [3.05, 3.63) is 29.3 Å². The zero-order chi connectivity index (χ0) is 14.4. The molecular weight excluding hydrogens is 252 g/mol. The van der Waals surface area contributed by atoms with Crippen molar-refractivity contribution in [2.75, 3.05) is 26.2 Å². The molecule has 0 atom stereocenters. The van der Waals surface area contributed by atoms with E-state index in [9.17, 15) is 9.90 Å². The SMILES string of the molecule is Cc1ccc(C(=O)NCCCN2CCCCC2)cc1O. The fourth-order valence-corrected chi connectivity index (χ4v) is 2.54. The van der Waals surface area contributed by atoms with Crippen LogP contribution in [0, 0.1) is 6.92 Å². The van der Waals surface area contributed by atoms with Crippen molar-refractivity contribution in [1.29, 1.82) is 0 Å². The van der Waals surface area contributed by atoms with Gasteiger partial charge in [-0.2, -0.15) is 0 Å². The zero-order valence-electron chi connectivity index (χ0n) is 12.2. The van der Waals surface area contributed by atoms with E-state index in [-0.39, 0.29) is 11.7 Å². The minimum Gasteiger partial charge on any atom is -0.508 e. The lowest BCUT2D eigenvalue weighted by Gasteiger charge is -2.26. The summed E-state index contributed by atoms with van der Waals surface area (Å²) in [6.07, 6.45) is 4.93. The maximum absolute atomic E-state index is 11.9. The third kappa shape index (κ3) is 4.23. The van der Waals surface area contributed by atoms with E-state index in [1.54, 1.807) is 12.1 Å². The Bertz CT molecular complexity index is 454. The molecule has 2 rings (SSSR count). The van der Waals surface area contributed by atoms with E-state index in [0.717, 1.165) is 18.5 Å². The Balaban J connectivity index is 1.70. The number of aryl methyl sites for hydroxylation is 1. The summed E-state index contributed by atoms with van der Waals surface area (Å²) in [6, 6.07) is 5.03. The molecule has 0 aromatic heterocycles. The summed E-state index contributed by atoms with van der Waals surface area (Å²) >= 11 is 0. The van der Waals surface area contributed by atoms with Gasteiger partial charge in [-0.3, -0.25) is 4.79 Å². The van der Waals surface area contributed by atoms with Gasteiger partial charge >= 0.3 is 0 Å². The number of piperidine rings is 1. The van der Waals surface area contributed by atoms with E-state index in [1.807, 2.05) is 6.92 Å². The number of benzene rings is 1. The summed E-state index contributed by atoms with van der Waals surface area (Å²) in [5.41, 5.74) is 1.30. The number of hydrogen-bond acceptors (Lipinski definition) is 3. The second kappa shape index (κ2) is 7.29.